The van der Waals surface area contributed by atoms with Crippen LogP contribution in [0.5, 0.6) is 0 Å². The number of hydrogen-bond donors (Lipinski definition) is 1. The van der Waals surface area contributed by atoms with Crippen LogP contribution in [0, 0.1) is 12.8 Å². The summed E-state index contributed by atoms with van der Waals surface area (Å²) in [7, 11) is 0. The zero-order valence-corrected chi connectivity index (χ0v) is 15.4. The van der Waals surface area contributed by atoms with Crippen molar-refractivity contribution in [1.29, 1.82) is 0 Å². The minimum atomic E-state index is -1.01. The van der Waals surface area contributed by atoms with Gasteiger partial charge in [-0.05, 0) is 38.8 Å². The lowest BCUT2D eigenvalue weighted by atomic mass is 9.78. The van der Waals surface area contributed by atoms with Crippen molar-refractivity contribution < 1.29 is 14.3 Å². The number of carbonyl (C=O) groups excluding carboxylic acids is 2. The summed E-state index contributed by atoms with van der Waals surface area (Å²) in [5.41, 5.74) is 0.965. The lowest BCUT2D eigenvalue weighted by Gasteiger charge is -2.37. The number of anilines is 1. The molecule has 1 rings (SSSR count). The molecule has 0 fully saturated rings. The van der Waals surface area contributed by atoms with Crippen molar-refractivity contribution in [2.75, 3.05) is 11.9 Å². The summed E-state index contributed by atoms with van der Waals surface area (Å²) in [6.07, 6.45) is 5.15. The average molecular weight is 333 g/mol. The largest absolute Gasteiger partial charge is 0.464 e. The van der Waals surface area contributed by atoms with Crippen molar-refractivity contribution in [3.05, 3.63) is 29.8 Å². The van der Waals surface area contributed by atoms with Gasteiger partial charge in [0.2, 0.25) is 0 Å². The molecule has 0 spiro atoms. The Morgan fingerprint density at radius 3 is 2.38 bits per heavy atom. The van der Waals surface area contributed by atoms with Crippen molar-refractivity contribution in [3.63, 3.8) is 0 Å². The number of rotatable bonds is 11. The number of unbranched alkanes of at least 4 members (excludes halogenated alkanes) is 2. The minimum absolute atomic E-state index is 0.302. The smallest absolute Gasteiger partial charge is 0.332 e. The van der Waals surface area contributed by atoms with Crippen molar-refractivity contribution in [3.8, 4) is 0 Å². The fraction of sp³-hybridized carbons (Fsp3) is 0.600. The third kappa shape index (κ3) is 5.08. The van der Waals surface area contributed by atoms with Gasteiger partial charge in [0.25, 0.3) is 0 Å². The molecule has 0 amide bonds. The fourth-order valence-corrected chi connectivity index (χ4v) is 2.99. The van der Waals surface area contributed by atoms with E-state index < -0.39 is 11.5 Å². The highest BCUT2D eigenvalue weighted by atomic mass is 16.5. The van der Waals surface area contributed by atoms with Crippen LogP contribution in [0.2, 0.25) is 0 Å². The molecule has 0 bridgehead atoms. The molecule has 4 heteroatoms. The summed E-state index contributed by atoms with van der Waals surface area (Å²) in [5.74, 6) is -0.754. The van der Waals surface area contributed by atoms with Gasteiger partial charge >= 0.3 is 5.97 Å². The zero-order valence-electron chi connectivity index (χ0n) is 15.4. The van der Waals surface area contributed by atoms with Crippen molar-refractivity contribution in [1.82, 2.24) is 0 Å². The quantitative estimate of drug-likeness (QED) is 0.368. The molecule has 24 heavy (non-hydrogen) atoms. The number of aldehydes is 1. The SMILES string of the molecule is CCCCC[C@H](C=O)[C@](CC)(Nc1ccc(C)cc1)C(=O)OCC. The van der Waals surface area contributed by atoms with Crippen LogP contribution in [0.3, 0.4) is 0 Å². The van der Waals surface area contributed by atoms with E-state index in [0.717, 1.165) is 36.8 Å². The molecular formula is C20H31NO3. The first-order valence-electron chi connectivity index (χ1n) is 9.01. The molecule has 0 aliphatic heterocycles. The number of ether oxygens (including phenoxy) is 1. The summed E-state index contributed by atoms with van der Waals surface area (Å²) < 4.78 is 5.32. The van der Waals surface area contributed by atoms with E-state index in [4.69, 9.17) is 4.74 Å². The Bertz CT molecular complexity index is 512. The van der Waals surface area contributed by atoms with E-state index in [-0.39, 0.29) is 5.97 Å². The first kappa shape index (κ1) is 20.2. The monoisotopic (exact) mass is 333 g/mol. The van der Waals surface area contributed by atoms with Gasteiger partial charge in [-0.2, -0.15) is 0 Å². The van der Waals surface area contributed by atoms with E-state index >= 15 is 0 Å². The highest BCUT2D eigenvalue weighted by Gasteiger charge is 2.45. The summed E-state index contributed by atoms with van der Waals surface area (Å²) in [4.78, 5) is 24.6. The van der Waals surface area contributed by atoms with E-state index in [1.807, 2.05) is 38.1 Å². The molecule has 134 valence electrons. The topological polar surface area (TPSA) is 55.4 Å². The molecule has 0 unspecified atom stereocenters. The Kier molecular flexibility index (Phi) is 8.51. The molecule has 4 nitrogen and oxygen atoms in total. The Morgan fingerprint density at radius 2 is 1.88 bits per heavy atom. The fourth-order valence-electron chi connectivity index (χ4n) is 2.99. The van der Waals surface area contributed by atoms with Crippen LogP contribution in [0.15, 0.2) is 24.3 Å². The molecule has 0 saturated carbocycles. The maximum Gasteiger partial charge on any atom is 0.332 e. The highest BCUT2D eigenvalue weighted by Crippen LogP contribution is 2.31. The van der Waals surface area contributed by atoms with Gasteiger partial charge in [-0.15, -0.1) is 0 Å². The highest BCUT2D eigenvalue weighted by molar-refractivity contribution is 5.88. The summed E-state index contributed by atoms with van der Waals surface area (Å²) in [6, 6.07) is 7.85. The van der Waals surface area contributed by atoms with Gasteiger partial charge in [0, 0.05) is 11.6 Å². The third-order valence-electron chi connectivity index (χ3n) is 4.53. The summed E-state index contributed by atoms with van der Waals surface area (Å²) in [6.45, 7) is 8.16. The van der Waals surface area contributed by atoms with E-state index in [9.17, 15) is 9.59 Å². The number of aryl methyl sites for hydroxylation is 1. The van der Waals surface area contributed by atoms with E-state index in [1.165, 1.54) is 0 Å². The van der Waals surface area contributed by atoms with E-state index in [0.29, 0.717) is 19.4 Å². The van der Waals surface area contributed by atoms with E-state index in [1.54, 1.807) is 6.92 Å². The van der Waals surface area contributed by atoms with Crippen LogP contribution >= 0.6 is 0 Å². The van der Waals surface area contributed by atoms with E-state index in [2.05, 4.69) is 12.2 Å². The van der Waals surface area contributed by atoms with Crippen LogP contribution in [0.4, 0.5) is 5.69 Å². The van der Waals surface area contributed by atoms with Crippen molar-refractivity contribution in [2.45, 2.75) is 65.3 Å². The summed E-state index contributed by atoms with van der Waals surface area (Å²) in [5, 5.41) is 3.33. The van der Waals surface area contributed by atoms with Crippen LogP contribution in [0.25, 0.3) is 0 Å². The molecule has 0 aliphatic carbocycles. The summed E-state index contributed by atoms with van der Waals surface area (Å²) >= 11 is 0. The Morgan fingerprint density at radius 1 is 1.21 bits per heavy atom. The van der Waals surface area contributed by atoms with Crippen LogP contribution in [0.1, 0.15) is 58.4 Å². The number of nitrogens with one attached hydrogen (secondary N) is 1. The average Bonchev–Trinajstić information content (AvgIpc) is 2.59. The van der Waals surface area contributed by atoms with Crippen LogP contribution < -0.4 is 5.32 Å². The molecule has 0 aromatic heterocycles. The van der Waals surface area contributed by atoms with Gasteiger partial charge in [-0.1, -0.05) is 50.8 Å². The third-order valence-corrected chi connectivity index (χ3v) is 4.53. The number of esters is 1. The second-order valence-corrected chi connectivity index (χ2v) is 6.27. The normalized spacial score (nSPS) is 14.5. The minimum Gasteiger partial charge on any atom is -0.464 e. The van der Waals surface area contributed by atoms with Crippen molar-refractivity contribution >= 4 is 17.9 Å². The number of hydrogen-bond acceptors (Lipinski definition) is 4. The van der Waals surface area contributed by atoms with Crippen molar-refractivity contribution in [2.24, 2.45) is 5.92 Å². The lowest BCUT2D eigenvalue weighted by Crippen LogP contribution is -2.53. The molecule has 0 aliphatic rings. The van der Waals surface area contributed by atoms with Gasteiger partial charge in [-0.25, -0.2) is 4.79 Å². The second-order valence-electron chi connectivity index (χ2n) is 6.27. The first-order chi connectivity index (χ1) is 11.5. The van der Waals surface area contributed by atoms with Gasteiger partial charge in [0.15, 0.2) is 0 Å². The molecule has 1 aromatic carbocycles. The number of carbonyl (C=O) groups is 2. The Hall–Kier alpha value is -1.84. The molecular weight excluding hydrogens is 302 g/mol. The second kappa shape index (κ2) is 10.1. The lowest BCUT2D eigenvalue weighted by molar-refractivity contribution is -0.152. The molecule has 0 saturated heterocycles. The van der Waals surface area contributed by atoms with Gasteiger partial charge in [0.1, 0.15) is 11.8 Å². The Balaban J connectivity index is 3.13. The predicted molar refractivity (Wildman–Crippen MR) is 98.2 cm³/mol. The van der Waals surface area contributed by atoms with Gasteiger partial charge in [-0.3, -0.25) is 0 Å². The van der Waals surface area contributed by atoms with Crippen LogP contribution in [-0.4, -0.2) is 24.4 Å². The molecule has 0 radical (unpaired) electrons. The maximum atomic E-state index is 12.8. The Labute approximate surface area is 146 Å². The maximum absolute atomic E-state index is 12.8. The van der Waals surface area contributed by atoms with Crippen LogP contribution in [-0.2, 0) is 14.3 Å². The molecule has 1 aromatic rings. The number of benzene rings is 1. The zero-order chi connectivity index (χ0) is 18.0. The molecule has 2 atom stereocenters. The van der Waals surface area contributed by atoms with Gasteiger partial charge in [0.05, 0.1) is 6.61 Å². The predicted octanol–water partition coefficient (Wildman–Crippen LogP) is 4.51. The standard InChI is InChI=1S/C20H31NO3/c1-5-8-9-10-17(15-22)20(6-2,19(23)24-7-3)21-18-13-11-16(4)12-14-18/h11-15,17,21H,5-10H2,1-4H3/t17-,20+/m1/s1. The molecule has 1 N–H and O–H groups in total. The first-order valence-corrected chi connectivity index (χ1v) is 9.01. The molecule has 0 heterocycles. The van der Waals surface area contributed by atoms with Gasteiger partial charge < -0.3 is 14.8 Å².